The molecule has 1 aromatic rings. The van der Waals surface area contributed by atoms with Crippen LogP contribution in [0.5, 0.6) is 5.75 Å². The number of nitrogens with one attached hydrogen (secondary N) is 2. The Hall–Kier alpha value is -2.24. The summed E-state index contributed by atoms with van der Waals surface area (Å²) < 4.78 is 6.09. The molecule has 1 amide bonds. The summed E-state index contributed by atoms with van der Waals surface area (Å²) in [5, 5.41) is 6.55. The van der Waals surface area contributed by atoms with E-state index >= 15 is 0 Å². The zero-order chi connectivity index (χ0) is 20.3. The number of hydrogen-bond donors (Lipinski definition) is 2. The van der Waals surface area contributed by atoms with E-state index in [4.69, 9.17) is 9.73 Å². The van der Waals surface area contributed by atoms with Crippen molar-refractivity contribution in [3.63, 3.8) is 0 Å². The highest BCUT2D eigenvalue weighted by molar-refractivity contribution is 5.81. The molecule has 1 aliphatic carbocycles. The third kappa shape index (κ3) is 7.26. The van der Waals surface area contributed by atoms with Crippen LogP contribution in [0.2, 0.25) is 0 Å². The molecule has 1 aromatic carbocycles. The second-order valence-corrected chi connectivity index (χ2v) is 8.01. The number of amides is 1. The summed E-state index contributed by atoms with van der Waals surface area (Å²) >= 11 is 0. The first kappa shape index (κ1) is 21.5. The van der Waals surface area contributed by atoms with Gasteiger partial charge in [0.2, 0.25) is 5.91 Å². The van der Waals surface area contributed by atoms with E-state index in [1.807, 2.05) is 30.3 Å². The van der Waals surface area contributed by atoms with Crippen LogP contribution >= 0.6 is 0 Å². The minimum absolute atomic E-state index is 0.131. The van der Waals surface area contributed by atoms with Crippen LogP contribution in [0.3, 0.4) is 0 Å². The van der Waals surface area contributed by atoms with Gasteiger partial charge in [0.15, 0.2) is 5.96 Å². The van der Waals surface area contributed by atoms with Crippen molar-refractivity contribution in [1.29, 1.82) is 0 Å². The van der Waals surface area contributed by atoms with Crippen LogP contribution in [0.1, 0.15) is 58.3 Å². The number of para-hydroxylation sites is 1. The second kappa shape index (κ2) is 11.7. The fourth-order valence-electron chi connectivity index (χ4n) is 4.11. The number of ether oxygens (including phenoxy) is 1. The normalized spacial score (nSPS) is 19.1. The third-order valence-electron chi connectivity index (χ3n) is 5.69. The summed E-state index contributed by atoms with van der Waals surface area (Å²) in [4.78, 5) is 19.2. The fourth-order valence-corrected chi connectivity index (χ4v) is 4.11. The molecule has 1 saturated carbocycles. The predicted molar refractivity (Wildman–Crippen MR) is 117 cm³/mol. The average Bonchev–Trinajstić information content (AvgIpc) is 2.75. The van der Waals surface area contributed by atoms with Crippen molar-refractivity contribution >= 4 is 11.9 Å². The quantitative estimate of drug-likeness (QED) is 0.544. The lowest BCUT2D eigenvalue weighted by Crippen LogP contribution is -2.47. The topological polar surface area (TPSA) is 66.0 Å². The van der Waals surface area contributed by atoms with Crippen LogP contribution in [-0.4, -0.2) is 55.1 Å². The number of rotatable bonds is 7. The van der Waals surface area contributed by atoms with Gasteiger partial charge in [-0.2, -0.15) is 0 Å². The van der Waals surface area contributed by atoms with E-state index in [0.717, 1.165) is 57.0 Å². The maximum Gasteiger partial charge on any atom is 0.222 e. The zero-order valence-electron chi connectivity index (χ0n) is 17.7. The first-order valence-corrected chi connectivity index (χ1v) is 11.3. The van der Waals surface area contributed by atoms with Crippen molar-refractivity contribution in [2.45, 2.75) is 70.4 Å². The Morgan fingerprint density at radius 3 is 2.52 bits per heavy atom. The molecule has 1 heterocycles. The molecular formula is C23H36N4O2. The standard InChI is InChI=1S/C23H36N4O2/c1-2-24-23(25-16-13-22(28)26-19-9-5-3-6-10-19)27-17-14-21(15-18-27)29-20-11-7-4-8-12-20/h4,7-8,11-12,19,21H,2-3,5-6,9-10,13-18H2,1H3,(H,24,25)(H,26,28). The summed E-state index contributed by atoms with van der Waals surface area (Å²) in [7, 11) is 0. The van der Waals surface area contributed by atoms with Gasteiger partial charge in [-0.25, -0.2) is 0 Å². The number of nitrogens with zero attached hydrogens (tertiary/aromatic N) is 2. The first-order valence-electron chi connectivity index (χ1n) is 11.3. The summed E-state index contributed by atoms with van der Waals surface area (Å²) in [6.07, 6.45) is 8.67. The highest BCUT2D eigenvalue weighted by Gasteiger charge is 2.23. The molecule has 0 aromatic heterocycles. The molecule has 0 bridgehead atoms. The number of carbonyl (C=O) groups excluding carboxylic acids is 1. The summed E-state index contributed by atoms with van der Waals surface area (Å²) in [5.41, 5.74) is 0. The first-order chi connectivity index (χ1) is 14.2. The maximum absolute atomic E-state index is 12.2. The van der Waals surface area contributed by atoms with Crippen LogP contribution in [-0.2, 0) is 4.79 Å². The van der Waals surface area contributed by atoms with Crippen LogP contribution < -0.4 is 15.4 Å². The predicted octanol–water partition coefficient (Wildman–Crippen LogP) is 3.33. The van der Waals surface area contributed by atoms with Crippen LogP contribution in [0.25, 0.3) is 0 Å². The van der Waals surface area contributed by atoms with Crippen molar-refractivity contribution in [2.75, 3.05) is 26.2 Å². The van der Waals surface area contributed by atoms with Crippen LogP contribution in [0.4, 0.5) is 0 Å². The molecule has 160 valence electrons. The van der Waals surface area contributed by atoms with Crippen molar-refractivity contribution in [3.05, 3.63) is 30.3 Å². The van der Waals surface area contributed by atoms with E-state index < -0.39 is 0 Å². The molecule has 2 N–H and O–H groups in total. The molecule has 0 unspecified atom stereocenters. The molecule has 1 aliphatic heterocycles. The fraction of sp³-hybridized carbons (Fsp3) is 0.652. The Kier molecular flexibility index (Phi) is 8.65. The number of carbonyl (C=O) groups is 1. The Morgan fingerprint density at radius 2 is 1.83 bits per heavy atom. The lowest BCUT2D eigenvalue weighted by Gasteiger charge is -2.34. The Balaban J connectivity index is 1.42. The molecule has 0 spiro atoms. The van der Waals surface area contributed by atoms with Crippen LogP contribution in [0, 0.1) is 0 Å². The molecule has 2 fully saturated rings. The van der Waals surface area contributed by atoms with Gasteiger partial charge in [0.25, 0.3) is 0 Å². The summed E-state index contributed by atoms with van der Waals surface area (Å²) in [5.74, 6) is 1.98. The second-order valence-electron chi connectivity index (χ2n) is 8.01. The number of likely N-dealkylation sites (tertiary alicyclic amines) is 1. The molecule has 0 atom stereocenters. The monoisotopic (exact) mass is 400 g/mol. The Labute approximate surface area is 175 Å². The average molecular weight is 401 g/mol. The zero-order valence-corrected chi connectivity index (χ0v) is 17.7. The Bertz CT molecular complexity index is 636. The van der Waals surface area contributed by atoms with Gasteiger partial charge < -0.3 is 20.3 Å². The van der Waals surface area contributed by atoms with Gasteiger partial charge in [-0.1, -0.05) is 37.5 Å². The van der Waals surface area contributed by atoms with Gasteiger partial charge in [-0.15, -0.1) is 0 Å². The Morgan fingerprint density at radius 1 is 1.10 bits per heavy atom. The lowest BCUT2D eigenvalue weighted by molar-refractivity contribution is -0.121. The molecule has 0 radical (unpaired) electrons. The number of piperidine rings is 1. The van der Waals surface area contributed by atoms with E-state index in [2.05, 4.69) is 22.5 Å². The molecule has 29 heavy (non-hydrogen) atoms. The van der Waals surface area contributed by atoms with Gasteiger partial charge in [0.05, 0.1) is 6.54 Å². The van der Waals surface area contributed by atoms with E-state index in [1.54, 1.807) is 0 Å². The lowest BCUT2D eigenvalue weighted by atomic mass is 9.95. The largest absolute Gasteiger partial charge is 0.490 e. The smallest absolute Gasteiger partial charge is 0.222 e. The molecule has 2 aliphatic rings. The molecular weight excluding hydrogens is 364 g/mol. The minimum atomic E-state index is 0.131. The van der Waals surface area contributed by atoms with E-state index in [0.29, 0.717) is 19.0 Å². The van der Waals surface area contributed by atoms with Crippen molar-refractivity contribution in [3.8, 4) is 5.75 Å². The summed E-state index contributed by atoms with van der Waals surface area (Å²) in [6, 6.07) is 10.4. The van der Waals surface area contributed by atoms with Gasteiger partial charge >= 0.3 is 0 Å². The van der Waals surface area contributed by atoms with E-state index in [-0.39, 0.29) is 12.0 Å². The number of hydrogen-bond acceptors (Lipinski definition) is 3. The number of guanidine groups is 1. The third-order valence-corrected chi connectivity index (χ3v) is 5.69. The highest BCUT2D eigenvalue weighted by atomic mass is 16.5. The van der Waals surface area contributed by atoms with E-state index in [9.17, 15) is 4.79 Å². The maximum atomic E-state index is 12.2. The van der Waals surface area contributed by atoms with Crippen molar-refractivity contribution < 1.29 is 9.53 Å². The van der Waals surface area contributed by atoms with Gasteiger partial charge in [0.1, 0.15) is 11.9 Å². The van der Waals surface area contributed by atoms with Gasteiger partial charge in [-0.05, 0) is 31.9 Å². The van der Waals surface area contributed by atoms with Gasteiger partial charge in [0, 0.05) is 44.9 Å². The van der Waals surface area contributed by atoms with Crippen molar-refractivity contribution in [1.82, 2.24) is 15.5 Å². The van der Waals surface area contributed by atoms with Gasteiger partial charge in [-0.3, -0.25) is 9.79 Å². The van der Waals surface area contributed by atoms with Crippen LogP contribution in [0.15, 0.2) is 35.3 Å². The van der Waals surface area contributed by atoms with E-state index in [1.165, 1.54) is 19.3 Å². The number of aliphatic imine (C=N–C) groups is 1. The molecule has 3 rings (SSSR count). The molecule has 6 heteroatoms. The number of benzene rings is 1. The summed E-state index contributed by atoms with van der Waals surface area (Å²) in [6.45, 7) is 5.26. The van der Waals surface area contributed by atoms with Crippen molar-refractivity contribution in [2.24, 2.45) is 4.99 Å². The SMILES string of the molecule is CCNC(=NCCC(=O)NC1CCCCC1)N1CCC(Oc2ccccc2)CC1. The molecule has 1 saturated heterocycles. The minimum Gasteiger partial charge on any atom is -0.490 e. The highest BCUT2D eigenvalue weighted by Crippen LogP contribution is 2.19. The molecule has 6 nitrogen and oxygen atoms in total.